The van der Waals surface area contributed by atoms with Gasteiger partial charge in [0.15, 0.2) is 5.88 Å². The van der Waals surface area contributed by atoms with E-state index in [2.05, 4.69) is 4.98 Å². The smallest absolute Gasteiger partial charge is 0.407 e. The molecule has 1 aromatic rings. The van der Waals surface area contributed by atoms with E-state index in [0.29, 0.717) is 31.8 Å². The molecule has 2 rings (SSSR count). The van der Waals surface area contributed by atoms with Crippen molar-refractivity contribution in [2.24, 2.45) is 0 Å². The molecule has 6 nitrogen and oxygen atoms in total. The van der Waals surface area contributed by atoms with Crippen LogP contribution in [0.5, 0.6) is 5.88 Å². The summed E-state index contributed by atoms with van der Waals surface area (Å²) in [5.41, 5.74) is -0.203. The molecule has 0 aliphatic carbocycles. The Morgan fingerprint density at radius 1 is 1.41 bits per heavy atom. The van der Waals surface area contributed by atoms with Crippen LogP contribution in [-0.2, 0) is 0 Å². The van der Waals surface area contributed by atoms with E-state index < -0.39 is 6.09 Å². The lowest BCUT2D eigenvalue weighted by molar-refractivity contribution is 0.0870. The largest absolute Gasteiger partial charge is 0.475 e. The molecule has 0 spiro atoms. The maximum absolute atomic E-state index is 11.1. The quantitative estimate of drug-likeness (QED) is 0.801. The number of pyridine rings is 1. The van der Waals surface area contributed by atoms with Gasteiger partial charge in [-0.05, 0) is 6.07 Å². The van der Waals surface area contributed by atoms with Gasteiger partial charge < -0.3 is 14.7 Å². The van der Waals surface area contributed by atoms with E-state index in [-0.39, 0.29) is 11.7 Å². The first-order valence-electron chi connectivity index (χ1n) is 5.49. The Morgan fingerprint density at radius 2 is 2.12 bits per heavy atom. The van der Waals surface area contributed by atoms with E-state index >= 15 is 0 Å². The molecule has 1 saturated heterocycles. The summed E-state index contributed by atoms with van der Waals surface area (Å²) in [5.74, 6) is 0.436. The summed E-state index contributed by atoms with van der Waals surface area (Å²) in [6.07, 6.45) is 0.354. The second kappa shape index (κ2) is 4.90. The number of hydrogen-bond acceptors (Lipinski definition) is 3. The van der Waals surface area contributed by atoms with Crippen molar-refractivity contribution in [3.63, 3.8) is 0 Å². The first-order chi connectivity index (χ1) is 8.15. The molecule has 2 N–H and O–H groups in total. The van der Waals surface area contributed by atoms with Crippen molar-refractivity contribution in [2.45, 2.75) is 18.9 Å². The second-order valence-corrected chi connectivity index (χ2v) is 3.97. The number of hydrogen-bond donors (Lipinski definition) is 2. The number of carbonyl (C=O) groups is 1. The number of ether oxygens (including phenoxy) is 1. The van der Waals surface area contributed by atoms with Crippen LogP contribution in [0.4, 0.5) is 4.79 Å². The molecule has 1 aliphatic heterocycles. The van der Waals surface area contributed by atoms with Crippen LogP contribution in [0.2, 0.25) is 0 Å². The average molecular weight is 238 g/mol. The predicted octanol–water partition coefficient (Wildman–Crippen LogP) is 0.896. The van der Waals surface area contributed by atoms with Gasteiger partial charge in [-0.1, -0.05) is 6.07 Å². The number of aromatic nitrogens is 1. The summed E-state index contributed by atoms with van der Waals surface area (Å²) >= 11 is 0. The molecule has 17 heavy (non-hydrogen) atoms. The van der Waals surface area contributed by atoms with Gasteiger partial charge >= 0.3 is 6.09 Å². The maximum atomic E-state index is 11.1. The van der Waals surface area contributed by atoms with E-state index in [0.717, 1.165) is 0 Å². The lowest BCUT2D eigenvalue weighted by Crippen LogP contribution is -2.41. The predicted molar refractivity (Wildman–Crippen MR) is 60.3 cm³/mol. The molecule has 1 aliphatic rings. The maximum Gasteiger partial charge on any atom is 0.407 e. The van der Waals surface area contributed by atoms with Crippen molar-refractivity contribution in [3.05, 3.63) is 28.6 Å². The fourth-order valence-electron chi connectivity index (χ4n) is 1.84. The minimum atomic E-state index is -0.892. The number of aromatic amines is 1. The van der Waals surface area contributed by atoms with Gasteiger partial charge in [-0.3, -0.25) is 9.78 Å². The van der Waals surface area contributed by atoms with Crippen molar-refractivity contribution in [3.8, 4) is 5.88 Å². The lowest BCUT2D eigenvalue weighted by atomic mass is 10.1. The normalized spacial score (nSPS) is 16.8. The standard InChI is InChI=1S/C11H14N2O4/c14-9-2-1-3-10(12-9)17-8-4-6-13(7-5-8)11(15)16/h1-3,8H,4-7H2,(H,12,14)(H,15,16). The van der Waals surface area contributed by atoms with Crippen LogP contribution >= 0.6 is 0 Å². The Hall–Kier alpha value is -1.98. The Kier molecular flexibility index (Phi) is 3.32. The number of likely N-dealkylation sites (tertiary alicyclic amines) is 1. The monoisotopic (exact) mass is 238 g/mol. The Bertz CT molecular complexity index is 449. The van der Waals surface area contributed by atoms with Gasteiger partial charge in [0, 0.05) is 32.0 Å². The van der Waals surface area contributed by atoms with Gasteiger partial charge in [-0.2, -0.15) is 0 Å². The van der Waals surface area contributed by atoms with E-state index in [1.165, 1.54) is 11.0 Å². The van der Waals surface area contributed by atoms with Gasteiger partial charge in [0.05, 0.1) is 0 Å². The summed E-state index contributed by atoms with van der Waals surface area (Å²) in [6.45, 7) is 0.939. The van der Waals surface area contributed by atoms with Crippen molar-refractivity contribution >= 4 is 6.09 Å². The summed E-state index contributed by atoms with van der Waals surface area (Å²) in [4.78, 5) is 25.7. The molecule has 6 heteroatoms. The highest BCUT2D eigenvalue weighted by Crippen LogP contribution is 2.16. The van der Waals surface area contributed by atoms with Gasteiger partial charge in [0.1, 0.15) is 6.10 Å². The number of piperidine rings is 1. The van der Waals surface area contributed by atoms with Crippen LogP contribution in [0.3, 0.4) is 0 Å². The second-order valence-electron chi connectivity index (χ2n) is 3.97. The highest BCUT2D eigenvalue weighted by Gasteiger charge is 2.23. The zero-order valence-electron chi connectivity index (χ0n) is 9.26. The van der Waals surface area contributed by atoms with Gasteiger partial charge in [-0.25, -0.2) is 4.79 Å². The number of amides is 1. The van der Waals surface area contributed by atoms with Crippen molar-refractivity contribution in [1.29, 1.82) is 0 Å². The minimum absolute atomic E-state index is 0.0383. The molecule has 0 saturated carbocycles. The van der Waals surface area contributed by atoms with Crippen molar-refractivity contribution in [1.82, 2.24) is 9.88 Å². The van der Waals surface area contributed by atoms with Gasteiger partial charge in [0.25, 0.3) is 5.56 Å². The van der Waals surface area contributed by atoms with Crippen molar-refractivity contribution < 1.29 is 14.6 Å². The number of rotatable bonds is 2. The Labute approximate surface area is 97.8 Å². The number of nitrogens with one attached hydrogen (secondary N) is 1. The molecule has 0 atom stereocenters. The molecule has 1 amide bonds. The Balaban J connectivity index is 1.90. The van der Waals surface area contributed by atoms with E-state index in [1.807, 2.05) is 0 Å². The van der Waals surface area contributed by atoms with Gasteiger partial charge in [0.2, 0.25) is 0 Å². The van der Waals surface area contributed by atoms with Crippen LogP contribution in [0.1, 0.15) is 12.8 Å². The fourth-order valence-corrected chi connectivity index (χ4v) is 1.84. The van der Waals surface area contributed by atoms with Crippen LogP contribution in [0.15, 0.2) is 23.0 Å². The van der Waals surface area contributed by atoms with E-state index in [9.17, 15) is 9.59 Å². The highest BCUT2D eigenvalue weighted by atomic mass is 16.5. The fraction of sp³-hybridized carbons (Fsp3) is 0.455. The van der Waals surface area contributed by atoms with E-state index in [1.54, 1.807) is 12.1 Å². The molecule has 1 fully saturated rings. The van der Waals surface area contributed by atoms with Crippen LogP contribution < -0.4 is 10.3 Å². The SMILES string of the molecule is O=C(O)N1CCC(Oc2cccc(=O)[nH]2)CC1. The number of H-pyrrole nitrogens is 1. The van der Waals surface area contributed by atoms with Crippen LogP contribution in [-0.4, -0.2) is 40.3 Å². The number of carboxylic acid groups (broad SMARTS) is 1. The summed E-state index contributed by atoms with van der Waals surface area (Å²) in [7, 11) is 0. The molecule has 1 aromatic heterocycles. The topological polar surface area (TPSA) is 82.6 Å². The molecule has 0 aromatic carbocycles. The zero-order chi connectivity index (χ0) is 12.3. The third-order valence-electron chi connectivity index (χ3n) is 2.75. The summed E-state index contributed by atoms with van der Waals surface area (Å²) in [5, 5.41) is 8.79. The first-order valence-corrected chi connectivity index (χ1v) is 5.49. The Morgan fingerprint density at radius 3 is 2.71 bits per heavy atom. The molecular weight excluding hydrogens is 224 g/mol. The lowest BCUT2D eigenvalue weighted by Gasteiger charge is -2.29. The van der Waals surface area contributed by atoms with Crippen LogP contribution in [0, 0.1) is 0 Å². The zero-order valence-corrected chi connectivity index (χ0v) is 9.26. The minimum Gasteiger partial charge on any atom is -0.475 e. The number of nitrogens with zero attached hydrogens (tertiary/aromatic N) is 1. The van der Waals surface area contributed by atoms with Crippen LogP contribution in [0.25, 0.3) is 0 Å². The molecular formula is C11H14N2O4. The molecule has 92 valence electrons. The summed E-state index contributed by atoms with van der Waals surface area (Å²) < 4.78 is 5.59. The van der Waals surface area contributed by atoms with Crippen molar-refractivity contribution in [2.75, 3.05) is 13.1 Å². The molecule has 0 radical (unpaired) electrons. The third kappa shape index (κ3) is 2.99. The first kappa shape index (κ1) is 11.5. The molecule has 2 heterocycles. The third-order valence-corrected chi connectivity index (χ3v) is 2.75. The highest BCUT2D eigenvalue weighted by molar-refractivity contribution is 5.65. The summed E-state index contributed by atoms with van der Waals surface area (Å²) in [6, 6.07) is 4.73. The molecule has 0 bridgehead atoms. The average Bonchev–Trinajstić information content (AvgIpc) is 2.29. The molecule has 0 unspecified atom stereocenters. The van der Waals surface area contributed by atoms with E-state index in [4.69, 9.17) is 9.84 Å². The van der Waals surface area contributed by atoms with Gasteiger partial charge in [-0.15, -0.1) is 0 Å².